The summed E-state index contributed by atoms with van der Waals surface area (Å²) in [4.78, 5) is 0. The summed E-state index contributed by atoms with van der Waals surface area (Å²) in [6, 6.07) is 6.45. The Bertz CT molecular complexity index is 352. The SMILES string of the molecule is CC(C)(C)Oc1ccc2c(c1)CC2I. The lowest BCUT2D eigenvalue weighted by Gasteiger charge is -2.28. The van der Waals surface area contributed by atoms with E-state index in [2.05, 4.69) is 61.6 Å². The van der Waals surface area contributed by atoms with Gasteiger partial charge in [0.2, 0.25) is 0 Å². The second kappa shape index (κ2) is 3.40. The van der Waals surface area contributed by atoms with Crippen LogP contribution in [0.2, 0.25) is 0 Å². The highest BCUT2D eigenvalue weighted by atomic mass is 127. The summed E-state index contributed by atoms with van der Waals surface area (Å²) in [5.41, 5.74) is 2.83. The Morgan fingerprint density at radius 2 is 2.07 bits per heavy atom. The highest BCUT2D eigenvalue weighted by molar-refractivity contribution is 14.1. The lowest BCUT2D eigenvalue weighted by Crippen LogP contribution is -2.23. The van der Waals surface area contributed by atoms with Crippen LogP contribution in [0.3, 0.4) is 0 Å². The fraction of sp³-hybridized carbons (Fsp3) is 0.500. The third kappa shape index (κ3) is 2.05. The van der Waals surface area contributed by atoms with Crippen molar-refractivity contribution in [1.29, 1.82) is 0 Å². The molecule has 0 heterocycles. The van der Waals surface area contributed by atoms with Gasteiger partial charge in [0, 0.05) is 3.92 Å². The van der Waals surface area contributed by atoms with Crippen molar-refractivity contribution >= 4 is 22.6 Å². The lowest BCUT2D eigenvalue weighted by atomic mass is 9.88. The number of hydrogen-bond donors (Lipinski definition) is 0. The molecule has 1 unspecified atom stereocenters. The van der Waals surface area contributed by atoms with Crippen LogP contribution < -0.4 is 4.74 Å². The minimum absolute atomic E-state index is 0.0955. The van der Waals surface area contributed by atoms with Crippen molar-refractivity contribution in [1.82, 2.24) is 0 Å². The van der Waals surface area contributed by atoms with Crippen LogP contribution in [0.4, 0.5) is 0 Å². The molecule has 1 aromatic rings. The molecule has 1 atom stereocenters. The molecular weight excluding hydrogens is 287 g/mol. The number of ether oxygens (including phenoxy) is 1. The summed E-state index contributed by atoms with van der Waals surface area (Å²) >= 11 is 2.48. The molecule has 76 valence electrons. The molecule has 0 bridgehead atoms. The average molecular weight is 302 g/mol. The molecule has 0 saturated carbocycles. The normalized spacial score (nSPS) is 19.9. The van der Waals surface area contributed by atoms with E-state index < -0.39 is 0 Å². The zero-order valence-electron chi connectivity index (χ0n) is 8.80. The van der Waals surface area contributed by atoms with E-state index in [1.807, 2.05) is 0 Å². The molecule has 2 heteroatoms. The maximum Gasteiger partial charge on any atom is 0.120 e. The Kier molecular flexibility index (Phi) is 2.50. The zero-order valence-corrected chi connectivity index (χ0v) is 11.0. The summed E-state index contributed by atoms with van der Waals surface area (Å²) < 4.78 is 6.52. The van der Waals surface area contributed by atoms with Crippen molar-refractivity contribution in [2.24, 2.45) is 0 Å². The highest BCUT2D eigenvalue weighted by Gasteiger charge is 2.24. The van der Waals surface area contributed by atoms with Crippen LogP contribution in [-0.2, 0) is 6.42 Å². The van der Waals surface area contributed by atoms with Gasteiger partial charge in [0.25, 0.3) is 0 Å². The minimum Gasteiger partial charge on any atom is -0.488 e. The van der Waals surface area contributed by atoms with E-state index in [9.17, 15) is 0 Å². The second-order valence-corrected chi connectivity index (χ2v) is 6.25. The van der Waals surface area contributed by atoms with Crippen LogP contribution in [0.15, 0.2) is 18.2 Å². The van der Waals surface area contributed by atoms with Crippen LogP contribution in [0.1, 0.15) is 35.8 Å². The van der Waals surface area contributed by atoms with Crippen molar-refractivity contribution in [3.8, 4) is 5.75 Å². The van der Waals surface area contributed by atoms with E-state index >= 15 is 0 Å². The molecule has 0 fully saturated rings. The smallest absolute Gasteiger partial charge is 0.120 e. The molecule has 0 spiro atoms. The van der Waals surface area contributed by atoms with Crippen molar-refractivity contribution < 1.29 is 4.74 Å². The summed E-state index contributed by atoms with van der Waals surface area (Å²) in [7, 11) is 0. The van der Waals surface area contributed by atoms with Crippen LogP contribution in [0, 0.1) is 0 Å². The van der Waals surface area contributed by atoms with Crippen LogP contribution in [0.5, 0.6) is 5.75 Å². The predicted molar refractivity (Wildman–Crippen MR) is 67.3 cm³/mol. The zero-order chi connectivity index (χ0) is 10.3. The first-order valence-corrected chi connectivity index (χ1v) is 6.16. The van der Waals surface area contributed by atoms with E-state index in [1.54, 1.807) is 0 Å². The van der Waals surface area contributed by atoms with Crippen molar-refractivity contribution in [3.05, 3.63) is 29.3 Å². The summed E-state index contributed by atoms with van der Waals surface area (Å²) in [5, 5.41) is 0. The third-order valence-corrected chi connectivity index (χ3v) is 3.39. The van der Waals surface area contributed by atoms with Crippen molar-refractivity contribution in [2.75, 3.05) is 0 Å². The molecule has 0 amide bonds. The third-order valence-electron chi connectivity index (χ3n) is 2.28. The molecule has 1 aromatic carbocycles. The van der Waals surface area contributed by atoms with Gasteiger partial charge in [-0.3, -0.25) is 0 Å². The van der Waals surface area contributed by atoms with Crippen molar-refractivity contribution in [2.45, 2.75) is 36.7 Å². The fourth-order valence-electron chi connectivity index (χ4n) is 1.65. The van der Waals surface area contributed by atoms with E-state index in [4.69, 9.17) is 4.74 Å². The number of alkyl halides is 1. The van der Waals surface area contributed by atoms with E-state index in [0.29, 0.717) is 3.92 Å². The van der Waals surface area contributed by atoms with Gasteiger partial charge in [-0.2, -0.15) is 0 Å². The average Bonchev–Trinajstić information content (AvgIpc) is 1.99. The van der Waals surface area contributed by atoms with Gasteiger partial charge in [0.15, 0.2) is 0 Å². The van der Waals surface area contributed by atoms with Crippen LogP contribution >= 0.6 is 22.6 Å². The summed E-state index contributed by atoms with van der Waals surface area (Å²) in [6.45, 7) is 6.23. The van der Waals surface area contributed by atoms with E-state index in [0.717, 1.165) is 5.75 Å². The first-order chi connectivity index (χ1) is 6.46. The lowest BCUT2D eigenvalue weighted by molar-refractivity contribution is 0.130. The van der Waals surface area contributed by atoms with Crippen LogP contribution in [0.25, 0.3) is 0 Å². The van der Waals surface area contributed by atoms with E-state index in [1.165, 1.54) is 17.5 Å². The highest BCUT2D eigenvalue weighted by Crippen LogP contribution is 2.41. The monoisotopic (exact) mass is 302 g/mol. The molecule has 0 saturated heterocycles. The van der Waals surface area contributed by atoms with Gasteiger partial charge < -0.3 is 4.74 Å². The number of rotatable bonds is 1. The minimum atomic E-state index is -0.0955. The molecular formula is C12H15IO. The second-order valence-electron chi connectivity index (χ2n) is 4.75. The fourth-order valence-corrected chi connectivity index (χ4v) is 2.74. The Hall–Kier alpha value is -0.250. The molecule has 1 aliphatic carbocycles. The molecule has 0 aromatic heterocycles. The van der Waals surface area contributed by atoms with Gasteiger partial charge in [0.05, 0.1) is 0 Å². The molecule has 14 heavy (non-hydrogen) atoms. The maximum atomic E-state index is 5.80. The first kappa shape index (κ1) is 10.3. The summed E-state index contributed by atoms with van der Waals surface area (Å²) in [6.07, 6.45) is 1.19. The summed E-state index contributed by atoms with van der Waals surface area (Å²) in [5.74, 6) is 1.000. The van der Waals surface area contributed by atoms with E-state index in [-0.39, 0.29) is 5.60 Å². The van der Waals surface area contributed by atoms with Gasteiger partial charge >= 0.3 is 0 Å². The van der Waals surface area contributed by atoms with Gasteiger partial charge in [-0.25, -0.2) is 0 Å². The van der Waals surface area contributed by atoms with Gasteiger partial charge in [0.1, 0.15) is 11.4 Å². The quantitative estimate of drug-likeness (QED) is 0.565. The topological polar surface area (TPSA) is 9.23 Å². The number of hydrogen-bond acceptors (Lipinski definition) is 1. The largest absolute Gasteiger partial charge is 0.488 e. The molecule has 1 nitrogen and oxygen atoms in total. The number of halogens is 1. The first-order valence-electron chi connectivity index (χ1n) is 4.91. The molecule has 0 N–H and O–H groups in total. The number of benzene rings is 1. The maximum absolute atomic E-state index is 5.80. The Morgan fingerprint density at radius 3 is 2.57 bits per heavy atom. The molecule has 2 rings (SSSR count). The van der Waals surface area contributed by atoms with Gasteiger partial charge in [-0.1, -0.05) is 28.7 Å². The Morgan fingerprint density at radius 1 is 1.36 bits per heavy atom. The van der Waals surface area contributed by atoms with Gasteiger partial charge in [-0.15, -0.1) is 0 Å². The Balaban J connectivity index is 2.19. The van der Waals surface area contributed by atoms with Crippen molar-refractivity contribution in [3.63, 3.8) is 0 Å². The standard InChI is InChI=1S/C12H15IO/c1-12(2,3)14-9-4-5-10-8(6-9)7-11(10)13/h4-6,11H,7H2,1-3H3. The molecule has 0 aliphatic heterocycles. The molecule has 0 radical (unpaired) electrons. The van der Waals surface area contributed by atoms with Crippen LogP contribution in [-0.4, -0.2) is 5.60 Å². The van der Waals surface area contributed by atoms with Gasteiger partial charge in [-0.05, 0) is 50.5 Å². The predicted octanol–water partition coefficient (Wildman–Crippen LogP) is 3.90. The molecule has 1 aliphatic rings. The Labute approximate surface area is 99.0 Å². The number of fused-ring (bicyclic) bond motifs is 1.